The van der Waals surface area contributed by atoms with Crippen molar-refractivity contribution in [2.45, 2.75) is 19.9 Å². The van der Waals surface area contributed by atoms with E-state index in [0.717, 1.165) is 26.9 Å². The minimum atomic E-state index is -0.109. The standard InChI is InChI=1S/C16H19BrN2O/c1-10-7-8-14(16(20-3)11(10)2)15(19-18)12-5-4-6-13(17)9-12/h4-9,15,19H,18H2,1-3H3. The highest BCUT2D eigenvalue weighted by molar-refractivity contribution is 9.10. The van der Waals surface area contributed by atoms with Crippen LogP contribution in [0.15, 0.2) is 40.9 Å². The van der Waals surface area contributed by atoms with E-state index in [2.05, 4.69) is 53.4 Å². The van der Waals surface area contributed by atoms with Gasteiger partial charge in [0.2, 0.25) is 0 Å². The number of ether oxygens (including phenoxy) is 1. The summed E-state index contributed by atoms with van der Waals surface area (Å²) in [6.07, 6.45) is 0. The molecule has 0 bridgehead atoms. The summed E-state index contributed by atoms with van der Waals surface area (Å²) in [6.45, 7) is 4.14. The molecule has 4 heteroatoms. The molecule has 0 saturated carbocycles. The number of rotatable bonds is 4. The first-order valence-corrected chi connectivity index (χ1v) is 7.23. The van der Waals surface area contributed by atoms with Crippen molar-refractivity contribution in [3.63, 3.8) is 0 Å². The van der Waals surface area contributed by atoms with Crippen LogP contribution in [0.1, 0.15) is 28.3 Å². The molecule has 2 aromatic carbocycles. The van der Waals surface area contributed by atoms with Crippen molar-refractivity contribution >= 4 is 15.9 Å². The van der Waals surface area contributed by atoms with Gasteiger partial charge in [0.15, 0.2) is 0 Å². The molecule has 0 aliphatic carbocycles. The predicted molar refractivity (Wildman–Crippen MR) is 85.8 cm³/mol. The Morgan fingerprint density at radius 1 is 1.20 bits per heavy atom. The lowest BCUT2D eigenvalue weighted by molar-refractivity contribution is 0.400. The average molecular weight is 335 g/mol. The van der Waals surface area contributed by atoms with Crippen molar-refractivity contribution in [1.82, 2.24) is 5.43 Å². The van der Waals surface area contributed by atoms with Gasteiger partial charge in [0, 0.05) is 10.0 Å². The molecule has 106 valence electrons. The number of halogens is 1. The molecule has 0 spiro atoms. The number of nitrogens with two attached hydrogens (primary N) is 1. The van der Waals surface area contributed by atoms with Gasteiger partial charge in [-0.15, -0.1) is 0 Å². The van der Waals surface area contributed by atoms with E-state index >= 15 is 0 Å². The van der Waals surface area contributed by atoms with E-state index in [-0.39, 0.29) is 6.04 Å². The molecule has 0 aromatic heterocycles. The monoisotopic (exact) mass is 334 g/mol. The molecule has 2 rings (SSSR count). The van der Waals surface area contributed by atoms with Crippen molar-refractivity contribution in [1.29, 1.82) is 0 Å². The third-order valence-electron chi connectivity index (χ3n) is 3.57. The van der Waals surface area contributed by atoms with Gasteiger partial charge in [-0.05, 0) is 42.7 Å². The number of hydrazine groups is 1. The van der Waals surface area contributed by atoms with E-state index in [1.807, 2.05) is 18.2 Å². The third kappa shape index (κ3) is 2.87. The van der Waals surface area contributed by atoms with E-state index < -0.39 is 0 Å². The molecule has 3 N–H and O–H groups in total. The molecule has 3 nitrogen and oxygen atoms in total. The lowest BCUT2D eigenvalue weighted by atomic mass is 9.94. The largest absolute Gasteiger partial charge is 0.496 e. The summed E-state index contributed by atoms with van der Waals surface area (Å²) < 4.78 is 6.61. The minimum Gasteiger partial charge on any atom is -0.496 e. The van der Waals surface area contributed by atoms with Crippen molar-refractivity contribution < 1.29 is 4.74 Å². The molecular formula is C16H19BrN2O. The van der Waals surface area contributed by atoms with Crippen LogP contribution < -0.4 is 16.0 Å². The number of nitrogens with one attached hydrogen (secondary N) is 1. The highest BCUT2D eigenvalue weighted by atomic mass is 79.9. The molecule has 0 amide bonds. The average Bonchev–Trinajstić information content (AvgIpc) is 2.44. The highest BCUT2D eigenvalue weighted by Gasteiger charge is 2.19. The third-order valence-corrected chi connectivity index (χ3v) is 4.06. The molecule has 0 radical (unpaired) electrons. The van der Waals surface area contributed by atoms with Gasteiger partial charge in [-0.25, -0.2) is 5.43 Å². The van der Waals surface area contributed by atoms with Crippen LogP contribution in [0, 0.1) is 13.8 Å². The fourth-order valence-electron chi connectivity index (χ4n) is 2.36. The summed E-state index contributed by atoms with van der Waals surface area (Å²) in [5, 5.41) is 0. The molecule has 0 saturated heterocycles. The second-order valence-corrected chi connectivity index (χ2v) is 5.70. The van der Waals surface area contributed by atoms with Gasteiger partial charge in [0.25, 0.3) is 0 Å². The molecule has 2 aromatic rings. The Hall–Kier alpha value is -1.36. The zero-order chi connectivity index (χ0) is 14.7. The first-order chi connectivity index (χ1) is 9.58. The number of aryl methyl sites for hydroxylation is 1. The number of hydrogen-bond acceptors (Lipinski definition) is 3. The number of hydrogen-bond donors (Lipinski definition) is 2. The maximum Gasteiger partial charge on any atom is 0.127 e. The molecule has 0 aliphatic heterocycles. The first-order valence-electron chi connectivity index (χ1n) is 6.44. The SMILES string of the molecule is COc1c(C(NN)c2cccc(Br)c2)ccc(C)c1C. The Morgan fingerprint density at radius 2 is 1.95 bits per heavy atom. The quantitative estimate of drug-likeness (QED) is 0.663. The first kappa shape index (κ1) is 15.0. The molecule has 0 heterocycles. The molecule has 20 heavy (non-hydrogen) atoms. The highest BCUT2D eigenvalue weighted by Crippen LogP contribution is 2.34. The zero-order valence-corrected chi connectivity index (χ0v) is 13.5. The molecule has 0 fully saturated rings. The molecule has 1 unspecified atom stereocenters. The second-order valence-electron chi connectivity index (χ2n) is 4.78. The van der Waals surface area contributed by atoms with Gasteiger partial charge in [0.1, 0.15) is 5.75 Å². The zero-order valence-electron chi connectivity index (χ0n) is 11.9. The lowest BCUT2D eigenvalue weighted by Crippen LogP contribution is -2.29. The Kier molecular flexibility index (Phi) is 4.81. The Bertz CT molecular complexity index is 613. The Labute approximate surface area is 128 Å². The maximum atomic E-state index is 5.78. The predicted octanol–water partition coefficient (Wildman–Crippen LogP) is 3.63. The molecular weight excluding hydrogens is 316 g/mol. The van der Waals surface area contributed by atoms with Crippen LogP contribution >= 0.6 is 15.9 Å². The van der Waals surface area contributed by atoms with E-state index in [1.54, 1.807) is 7.11 Å². The van der Waals surface area contributed by atoms with Crippen LogP contribution in [0.2, 0.25) is 0 Å². The van der Waals surface area contributed by atoms with E-state index in [1.165, 1.54) is 5.56 Å². The van der Waals surface area contributed by atoms with Gasteiger partial charge < -0.3 is 4.74 Å². The topological polar surface area (TPSA) is 47.3 Å². The van der Waals surface area contributed by atoms with Crippen molar-refractivity contribution in [3.8, 4) is 5.75 Å². The normalized spacial score (nSPS) is 12.2. The fourth-order valence-corrected chi connectivity index (χ4v) is 2.78. The number of benzene rings is 2. The van der Waals surface area contributed by atoms with Gasteiger partial charge in [-0.2, -0.15) is 0 Å². The Balaban J connectivity index is 2.55. The summed E-state index contributed by atoms with van der Waals surface area (Å²) in [4.78, 5) is 0. The van der Waals surface area contributed by atoms with Gasteiger partial charge >= 0.3 is 0 Å². The fraction of sp³-hybridized carbons (Fsp3) is 0.250. The second kappa shape index (κ2) is 6.39. The van der Waals surface area contributed by atoms with Crippen LogP contribution in [-0.2, 0) is 0 Å². The summed E-state index contributed by atoms with van der Waals surface area (Å²) in [7, 11) is 1.69. The van der Waals surface area contributed by atoms with Gasteiger partial charge in [0.05, 0.1) is 13.2 Å². The smallest absolute Gasteiger partial charge is 0.127 e. The Morgan fingerprint density at radius 3 is 2.55 bits per heavy atom. The van der Waals surface area contributed by atoms with Crippen LogP contribution in [0.3, 0.4) is 0 Å². The maximum absolute atomic E-state index is 5.78. The van der Waals surface area contributed by atoms with E-state index in [9.17, 15) is 0 Å². The lowest BCUT2D eigenvalue weighted by Gasteiger charge is -2.22. The van der Waals surface area contributed by atoms with Gasteiger partial charge in [-0.3, -0.25) is 5.84 Å². The number of methoxy groups -OCH3 is 1. The summed E-state index contributed by atoms with van der Waals surface area (Å²) >= 11 is 3.49. The summed E-state index contributed by atoms with van der Waals surface area (Å²) in [5.41, 5.74) is 7.35. The molecule has 0 aliphatic rings. The van der Waals surface area contributed by atoms with Crippen LogP contribution in [0.5, 0.6) is 5.75 Å². The molecule has 1 atom stereocenters. The van der Waals surface area contributed by atoms with Crippen LogP contribution in [0.25, 0.3) is 0 Å². The van der Waals surface area contributed by atoms with Gasteiger partial charge in [-0.1, -0.05) is 40.2 Å². The van der Waals surface area contributed by atoms with Crippen LogP contribution in [0.4, 0.5) is 0 Å². The van der Waals surface area contributed by atoms with Crippen molar-refractivity contribution in [2.75, 3.05) is 7.11 Å². The van der Waals surface area contributed by atoms with E-state index in [4.69, 9.17) is 10.6 Å². The van der Waals surface area contributed by atoms with Crippen LogP contribution in [-0.4, -0.2) is 7.11 Å². The minimum absolute atomic E-state index is 0.109. The van der Waals surface area contributed by atoms with E-state index in [0.29, 0.717) is 0 Å². The van der Waals surface area contributed by atoms with Crippen molar-refractivity contribution in [3.05, 3.63) is 63.1 Å². The summed E-state index contributed by atoms with van der Waals surface area (Å²) in [5.74, 6) is 6.66. The summed E-state index contributed by atoms with van der Waals surface area (Å²) in [6, 6.07) is 12.1. The van der Waals surface area contributed by atoms with Crippen molar-refractivity contribution in [2.24, 2.45) is 5.84 Å².